The van der Waals surface area contributed by atoms with Crippen molar-refractivity contribution in [2.75, 3.05) is 24.6 Å². The molecular weight excluding hydrogens is 482 g/mol. The van der Waals surface area contributed by atoms with Gasteiger partial charge in [0.05, 0.1) is 22.4 Å². The third kappa shape index (κ3) is 4.83. The maximum Gasteiger partial charge on any atom is 0.338 e. The highest BCUT2D eigenvalue weighted by Gasteiger charge is 2.34. The van der Waals surface area contributed by atoms with Gasteiger partial charge in [-0.1, -0.05) is 53.3 Å². The molecule has 1 unspecified atom stereocenters. The Balaban J connectivity index is 1.87. The Bertz CT molecular complexity index is 1450. The largest absolute Gasteiger partial charge is 0.463 e. The van der Waals surface area contributed by atoms with Crippen molar-refractivity contribution >= 4 is 40.7 Å². The number of carbonyl (C=O) groups excluding carboxylic acids is 1. The molecule has 0 amide bonds. The Hall–Kier alpha value is -3.16. The number of nitrogens with zero attached hydrogens (tertiary/aromatic N) is 3. The van der Waals surface area contributed by atoms with Gasteiger partial charge >= 0.3 is 5.97 Å². The van der Waals surface area contributed by atoms with Gasteiger partial charge in [0.15, 0.2) is 4.80 Å². The number of benzene rings is 2. The van der Waals surface area contributed by atoms with Crippen molar-refractivity contribution in [1.82, 2.24) is 4.57 Å². The Morgan fingerprint density at radius 2 is 1.83 bits per heavy atom. The summed E-state index contributed by atoms with van der Waals surface area (Å²) in [6.45, 7) is 9.84. The first-order chi connectivity index (χ1) is 16.9. The van der Waals surface area contributed by atoms with E-state index in [4.69, 9.17) is 16.3 Å². The van der Waals surface area contributed by atoms with Gasteiger partial charge in [-0.15, -0.1) is 0 Å². The molecule has 182 valence electrons. The standard InChI is InChI=1S/C27H28ClN3O3S/c1-5-30(6-2)19-14-12-18(13-15-19)16-22-25(32)31-24(20-10-8-9-11-21(20)28)23(26(33)34-7-3)17(4)29-27(31)35-22/h8-16,24H,5-7H2,1-4H3. The number of esters is 1. The second kappa shape index (κ2) is 10.6. The molecule has 2 aromatic carbocycles. The second-order valence-electron chi connectivity index (χ2n) is 8.09. The summed E-state index contributed by atoms with van der Waals surface area (Å²) < 4.78 is 7.42. The molecule has 0 fully saturated rings. The molecular formula is C27H28ClN3O3S. The minimum atomic E-state index is -0.716. The van der Waals surface area contributed by atoms with Crippen molar-refractivity contribution in [3.05, 3.63) is 95.6 Å². The fraction of sp³-hybridized carbons (Fsp3) is 0.296. The quantitative estimate of drug-likeness (QED) is 0.445. The lowest BCUT2D eigenvalue weighted by Crippen LogP contribution is -2.40. The minimum Gasteiger partial charge on any atom is -0.463 e. The molecule has 0 saturated carbocycles. The first-order valence-electron chi connectivity index (χ1n) is 11.7. The number of aromatic nitrogens is 1. The summed E-state index contributed by atoms with van der Waals surface area (Å²) in [7, 11) is 0. The van der Waals surface area contributed by atoms with E-state index in [1.165, 1.54) is 11.3 Å². The van der Waals surface area contributed by atoms with Gasteiger partial charge < -0.3 is 9.64 Å². The van der Waals surface area contributed by atoms with Gasteiger partial charge in [0.1, 0.15) is 6.04 Å². The molecule has 2 heterocycles. The average molecular weight is 510 g/mol. The van der Waals surface area contributed by atoms with Gasteiger partial charge in [-0.2, -0.15) is 0 Å². The SMILES string of the molecule is CCOC(=O)C1=C(C)N=c2sc(=Cc3ccc(N(CC)CC)cc3)c(=O)n2C1c1ccccc1Cl. The third-order valence-electron chi connectivity index (χ3n) is 6.04. The molecule has 4 rings (SSSR count). The highest BCUT2D eigenvalue weighted by molar-refractivity contribution is 7.07. The fourth-order valence-electron chi connectivity index (χ4n) is 4.30. The third-order valence-corrected chi connectivity index (χ3v) is 7.36. The summed E-state index contributed by atoms with van der Waals surface area (Å²) in [5.74, 6) is -0.500. The van der Waals surface area contributed by atoms with Crippen LogP contribution in [-0.2, 0) is 9.53 Å². The molecule has 6 nitrogen and oxygen atoms in total. The van der Waals surface area contributed by atoms with Crippen LogP contribution < -0.4 is 19.8 Å². The lowest BCUT2D eigenvalue weighted by molar-refractivity contribution is -0.139. The summed E-state index contributed by atoms with van der Waals surface area (Å²) >= 11 is 7.84. The molecule has 0 aliphatic carbocycles. The summed E-state index contributed by atoms with van der Waals surface area (Å²) in [4.78, 5) is 34.0. The number of thiazole rings is 1. The number of allylic oxidation sites excluding steroid dienone is 1. The van der Waals surface area contributed by atoms with E-state index in [-0.39, 0.29) is 12.2 Å². The van der Waals surface area contributed by atoms with Crippen molar-refractivity contribution in [3.63, 3.8) is 0 Å². The van der Waals surface area contributed by atoms with Crippen LogP contribution in [0.3, 0.4) is 0 Å². The maximum absolute atomic E-state index is 13.7. The average Bonchev–Trinajstić information content (AvgIpc) is 3.15. The molecule has 0 N–H and O–H groups in total. The van der Waals surface area contributed by atoms with E-state index in [1.54, 1.807) is 24.5 Å². The first kappa shape index (κ1) is 24.9. The first-order valence-corrected chi connectivity index (χ1v) is 12.9. The number of fused-ring (bicyclic) bond motifs is 1. The van der Waals surface area contributed by atoms with Crippen LogP contribution in [0.5, 0.6) is 0 Å². The van der Waals surface area contributed by atoms with Crippen LogP contribution in [0, 0.1) is 0 Å². The van der Waals surface area contributed by atoms with E-state index < -0.39 is 12.0 Å². The molecule has 0 spiro atoms. The predicted octanol–water partition coefficient (Wildman–Crippen LogP) is 4.30. The van der Waals surface area contributed by atoms with Crippen LogP contribution in [0.2, 0.25) is 5.02 Å². The Labute approximate surface area is 213 Å². The number of halogens is 1. The number of hydrogen-bond acceptors (Lipinski definition) is 6. The Morgan fingerprint density at radius 1 is 1.14 bits per heavy atom. The Morgan fingerprint density at radius 3 is 2.46 bits per heavy atom. The van der Waals surface area contributed by atoms with Crippen LogP contribution in [0.1, 0.15) is 44.9 Å². The van der Waals surface area contributed by atoms with Crippen molar-refractivity contribution in [3.8, 4) is 0 Å². The Kier molecular flexibility index (Phi) is 7.57. The molecule has 0 radical (unpaired) electrons. The molecule has 35 heavy (non-hydrogen) atoms. The van der Waals surface area contributed by atoms with E-state index in [0.717, 1.165) is 24.3 Å². The topological polar surface area (TPSA) is 63.9 Å². The van der Waals surface area contributed by atoms with Crippen LogP contribution in [0.15, 0.2) is 69.6 Å². The normalized spacial score (nSPS) is 15.6. The zero-order chi connectivity index (χ0) is 25.1. The van der Waals surface area contributed by atoms with Crippen molar-refractivity contribution in [2.24, 2.45) is 4.99 Å². The van der Waals surface area contributed by atoms with E-state index in [2.05, 4.69) is 35.9 Å². The van der Waals surface area contributed by atoms with Crippen molar-refractivity contribution < 1.29 is 9.53 Å². The van der Waals surface area contributed by atoms with Gasteiger partial charge in [-0.3, -0.25) is 9.36 Å². The number of hydrogen-bond donors (Lipinski definition) is 0. The number of anilines is 1. The van der Waals surface area contributed by atoms with Crippen LogP contribution >= 0.6 is 22.9 Å². The zero-order valence-corrected chi connectivity index (χ0v) is 21.8. The second-order valence-corrected chi connectivity index (χ2v) is 9.50. The molecule has 1 atom stereocenters. The molecule has 3 aromatic rings. The summed E-state index contributed by atoms with van der Waals surface area (Å²) in [5, 5.41) is 0.468. The predicted molar refractivity (Wildman–Crippen MR) is 142 cm³/mol. The number of carbonyl (C=O) groups is 1. The fourth-order valence-corrected chi connectivity index (χ4v) is 5.59. The zero-order valence-electron chi connectivity index (χ0n) is 20.2. The molecule has 8 heteroatoms. The molecule has 1 aliphatic rings. The molecule has 1 aliphatic heterocycles. The van der Waals surface area contributed by atoms with Gasteiger partial charge in [0.2, 0.25) is 0 Å². The lowest BCUT2D eigenvalue weighted by Gasteiger charge is -2.25. The van der Waals surface area contributed by atoms with Gasteiger partial charge in [-0.25, -0.2) is 9.79 Å². The van der Waals surface area contributed by atoms with E-state index in [9.17, 15) is 9.59 Å². The van der Waals surface area contributed by atoms with E-state index >= 15 is 0 Å². The molecule has 0 saturated heterocycles. The maximum atomic E-state index is 13.7. The number of rotatable bonds is 7. The highest BCUT2D eigenvalue weighted by Crippen LogP contribution is 2.34. The minimum absolute atomic E-state index is 0.221. The van der Waals surface area contributed by atoms with Crippen LogP contribution in [0.4, 0.5) is 5.69 Å². The van der Waals surface area contributed by atoms with E-state index in [0.29, 0.717) is 31.2 Å². The summed E-state index contributed by atoms with van der Waals surface area (Å²) in [5.41, 5.74) is 3.33. The lowest BCUT2D eigenvalue weighted by atomic mass is 9.96. The molecule has 1 aromatic heterocycles. The van der Waals surface area contributed by atoms with Gasteiger partial charge in [0, 0.05) is 23.8 Å². The summed E-state index contributed by atoms with van der Waals surface area (Å²) in [6, 6.07) is 14.7. The van der Waals surface area contributed by atoms with Crippen molar-refractivity contribution in [1.29, 1.82) is 0 Å². The van der Waals surface area contributed by atoms with Crippen molar-refractivity contribution in [2.45, 2.75) is 33.7 Å². The van der Waals surface area contributed by atoms with Crippen LogP contribution in [0.25, 0.3) is 6.08 Å². The smallest absolute Gasteiger partial charge is 0.338 e. The monoisotopic (exact) mass is 509 g/mol. The number of ether oxygens (including phenoxy) is 1. The molecule has 0 bridgehead atoms. The highest BCUT2D eigenvalue weighted by atomic mass is 35.5. The van der Waals surface area contributed by atoms with Crippen LogP contribution in [-0.4, -0.2) is 30.2 Å². The summed E-state index contributed by atoms with van der Waals surface area (Å²) in [6.07, 6.45) is 1.86. The van der Waals surface area contributed by atoms with Gasteiger partial charge in [-0.05, 0) is 63.1 Å². The van der Waals surface area contributed by atoms with Gasteiger partial charge in [0.25, 0.3) is 5.56 Å². The van der Waals surface area contributed by atoms with E-state index in [1.807, 2.05) is 36.4 Å².